The van der Waals surface area contributed by atoms with E-state index in [4.69, 9.17) is 31.5 Å². The van der Waals surface area contributed by atoms with Crippen molar-refractivity contribution in [3.63, 3.8) is 0 Å². The summed E-state index contributed by atoms with van der Waals surface area (Å²) in [5.41, 5.74) is 7.53. The van der Waals surface area contributed by atoms with Crippen LogP contribution in [-0.2, 0) is 13.2 Å². The first-order valence-electron chi connectivity index (χ1n) is 6.26. The number of hydrogen-bond acceptors (Lipinski definition) is 4. The number of ether oxygens (including phenoxy) is 3. The van der Waals surface area contributed by atoms with Crippen molar-refractivity contribution in [1.29, 1.82) is 0 Å². The summed E-state index contributed by atoms with van der Waals surface area (Å²) >= 11 is 6.14. The van der Waals surface area contributed by atoms with Crippen molar-refractivity contribution in [2.24, 2.45) is 5.73 Å². The molecule has 0 bridgehead atoms. The molecule has 5 heteroatoms. The third-order valence-corrected chi connectivity index (χ3v) is 3.36. The van der Waals surface area contributed by atoms with Crippen molar-refractivity contribution in [3.05, 3.63) is 52.5 Å². The summed E-state index contributed by atoms with van der Waals surface area (Å²) in [6.45, 7) is 1.15. The second kappa shape index (κ2) is 5.61. The van der Waals surface area contributed by atoms with Gasteiger partial charge in [-0.15, -0.1) is 0 Å². The van der Waals surface area contributed by atoms with E-state index in [0.29, 0.717) is 23.9 Å². The molecular weight excluding hydrogens is 278 g/mol. The monoisotopic (exact) mass is 291 g/mol. The van der Waals surface area contributed by atoms with E-state index >= 15 is 0 Å². The maximum absolute atomic E-state index is 6.14. The van der Waals surface area contributed by atoms with Gasteiger partial charge in [-0.2, -0.15) is 0 Å². The molecule has 2 aromatic carbocycles. The highest BCUT2D eigenvalue weighted by Crippen LogP contribution is 2.33. The fraction of sp³-hybridized carbons (Fsp3) is 0.200. The van der Waals surface area contributed by atoms with E-state index in [1.807, 2.05) is 36.4 Å². The number of rotatable bonds is 4. The molecule has 0 saturated carbocycles. The first kappa shape index (κ1) is 13.1. The van der Waals surface area contributed by atoms with Crippen LogP contribution < -0.4 is 19.9 Å². The molecule has 0 unspecified atom stereocenters. The Morgan fingerprint density at radius 1 is 1.05 bits per heavy atom. The van der Waals surface area contributed by atoms with E-state index in [0.717, 1.165) is 22.6 Å². The maximum Gasteiger partial charge on any atom is 0.231 e. The largest absolute Gasteiger partial charge is 0.487 e. The smallest absolute Gasteiger partial charge is 0.231 e. The van der Waals surface area contributed by atoms with Gasteiger partial charge in [0.1, 0.15) is 12.4 Å². The summed E-state index contributed by atoms with van der Waals surface area (Å²) in [5.74, 6) is 2.15. The normalized spacial score (nSPS) is 12.5. The van der Waals surface area contributed by atoms with E-state index < -0.39 is 0 Å². The summed E-state index contributed by atoms with van der Waals surface area (Å²) in [5, 5.41) is 0.564. The van der Waals surface area contributed by atoms with Gasteiger partial charge >= 0.3 is 0 Å². The quantitative estimate of drug-likeness (QED) is 0.940. The van der Waals surface area contributed by atoms with Crippen molar-refractivity contribution in [3.8, 4) is 17.2 Å². The van der Waals surface area contributed by atoms with E-state index in [2.05, 4.69) is 0 Å². The van der Waals surface area contributed by atoms with Gasteiger partial charge in [0, 0.05) is 6.54 Å². The lowest BCUT2D eigenvalue weighted by atomic mass is 10.2. The summed E-state index contributed by atoms with van der Waals surface area (Å²) in [6.07, 6.45) is 0. The molecule has 1 aliphatic heterocycles. The molecule has 20 heavy (non-hydrogen) atoms. The molecule has 4 nitrogen and oxygen atoms in total. The topological polar surface area (TPSA) is 53.7 Å². The average Bonchev–Trinajstić information content (AvgIpc) is 2.93. The van der Waals surface area contributed by atoms with Crippen LogP contribution in [0.4, 0.5) is 0 Å². The zero-order valence-electron chi connectivity index (χ0n) is 10.8. The number of nitrogens with two attached hydrogens (primary N) is 1. The molecule has 0 aliphatic carbocycles. The Bertz CT molecular complexity index is 631. The van der Waals surface area contributed by atoms with Crippen molar-refractivity contribution in [1.82, 2.24) is 0 Å². The van der Waals surface area contributed by atoms with E-state index in [1.165, 1.54) is 0 Å². The second-order valence-corrected chi connectivity index (χ2v) is 4.85. The third-order valence-electron chi connectivity index (χ3n) is 3.06. The Balaban J connectivity index is 1.70. The highest BCUT2D eigenvalue weighted by molar-refractivity contribution is 6.32. The van der Waals surface area contributed by atoms with Gasteiger partial charge < -0.3 is 19.9 Å². The van der Waals surface area contributed by atoms with E-state index in [1.54, 1.807) is 0 Å². The Morgan fingerprint density at radius 3 is 2.65 bits per heavy atom. The van der Waals surface area contributed by atoms with Crippen LogP contribution in [0.1, 0.15) is 11.1 Å². The predicted molar refractivity (Wildman–Crippen MR) is 76.2 cm³/mol. The van der Waals surface area contributed by atoms with Gasteiger partial charge in [-0.1, -0.05) is 23.7 Å². The van der Waals surface area contributed by atoms with Crippen LogP contribution in [0.5, 0.6) is 17.2 Å². The summed E-state index contributed by atoms with van der Waals surface area (Å²) < 4.78 is 16.3. The summed E-state index contributed by atoms with van der Waals surface area (Å²) in [4.78, 5) is 0. The number of fused-ring (bicyclic) bond motifs is 1. The lowest BCUT2D eigenvalue weighted by Gasteiger charge is -2.09. The molecule has 1 heterocycles. The lowest BCUT2D eigenvalue weighted by molar-refractivity contribution is 0.174. The van der Waals surface area contributed by atoms with Gasteiger partial charge in [0.15, 0.2) is 11.5 Å². The maximum atomic E-state index is 6.14. The van der Waals surface area contributed by atoms with Crippen molar-refractivity contribution in [2.75, 3.05) is 6.79 Å². The molecule has 0 atom stereocenters. The zero-order valence-corrected chi connectivity index (χ0v) is 11.5. The van der Waals surface area contributed by atoms with Gasteiger partial charge in [0.2, 0.25) is 6.79 Å². The highest BCUT2D eigenvalue weighted by atomic mass is 35.5. The molecule has 104 valence electrons. The van der Waals surface area contributed by atoms with Crippen molar-refractivity contribution in [2.45, 2.75) is 13.2 Å². The van der Waals surface area contributed by atoms with Crippen LogP contribution in [0.15, 0.2) is 36.4 Å². The molecule has 0 fully saturated rings. The number of benzene rings is 2. The van der Waals surface area contributed by atoms with Crippen LogP contribution in [-0.4, -0.2) is 6.79 Å². The van der Waals surface area contributed by atoms with E-state index in [-0.39, 0.29) is 6.79 Å². The molecule has 0 radical (unpaired) electrons. The second-order valence-electron chi connectivity index (χ2n) is 4.45. The Hall–Kier alpha value is -1.91. The molecule has 0 spiro atoms. The molecule has 1 aliphatic rings. The number of hydrogen-bond donors (Lipinski definition) is 1. The van der Waals surface area contributed by atoms with Crippen LogP contribution in [0.3, 0.4) is 0 Å². The third kappa shape index (κ3) is 2.66. The zero-order chi connectivity index (χ0) is 13.9. The Kier molecular flexibility index (Phi) is 3.67. The molecular formula is C15H14ClNO3. The summed E-state index contributed by atoms with van der Waals surface area (Å²) in [7, 11) is 0. The Morgan fingerprint density at radius 2 is 1.85 bits per heavy atom. The molecule has 3 rings (SSSR count). The van der Waals surface area contributed by atoms with E-state index in [9.17, 15) is 0 Å². The minimum absolute atomic E-state index is 0.270. The van der Waals surface area contributed by atoms with Crippen LogP contribution in [0, 0.1) is 0 Å². The van der Waals surface area contributed by atoms with Gasteiger partial charge in [0.25, 0.3) is 0 Å². The highest BCUT2D eigenvalue weighted by Gasteiger charge is 2.13. The first-order valence-corrected chi connectivity index (χ1v) is 6.64. The molecule has 2 N–H and O–H groups in total. The minimum Gasteiger partial charge on any atom is -0.487 e. The lowest BCUT2D eigenvalue weighted by Crippen LogP contribution is -1.99. The van der Waals surface area contributed by atoms with Crippen molar-refractivity contribution < 1.29 is 14.2 Å². The standard InChI is InChI=1S/C15H14ClNO3/c16-12-5-10(7-17)1-3-13(12)18-8-11-2-4-14-15(6-11)20-9-19-14/h1-6H,7-9,17H2. The fourth-order valence-corrected chi connectivity index (χ4v) is 2.24. The van der Waals surface area contributed by atoms with Gasteiger partial charge in [-0.05, 0) is 35.4 Å². The van der Waals surface area contributed by atoms with Gasteiger partial charge in [-0.3, -0.25) is 0 Å². The van der Waals surface area contributed by atoms with Crippen LogP contribution in [0.2, 0.25) is 5.02 Å². The summed E-state index contributed by atoms with van der Waals surface area (Å²) in [6, 6.07) is 11.3. The van der Waals surface area contributed by atoms with Crippen LogP contribution >= 0.6 is 11.6 Å². The first-order chi connectivity index (χ1) is 9.76. The minimum atomic E-state index is 0.270. The molecule has 0 amide bonds. The average molecular weight is 292 g/mol. The van der Waals surface area contributed by atoms with Crippen molar-refractivity contribution >= 4 is 11.6 Å². The number of halogens is 1. The molecule has 2 aromatic rings. The fourth-order valence-electron chi connectivity index (χ4n) is 1.98. The Labute approximate surface area is 122 Å². The van der Waals surface area contributed by atoms with Gasteiger partial charge in [-0.25, -0.2) is 0 Å². The SMILES string of the molecule is NCc1ccc(OCc2ccc3c(c2)OCO3)c(Cl)c1. The van der Waals surface area contributed by atoms with Crippen LogP contribution in [0.25, 0.3) is 0 Å². The predicted octanol–water partition coefficient (Wildman–Crippen LogP) is 3.11. The van der Waals surface area contributed by atoms with Gasteiger partial charge in [0.05, 0.1) is 5.02 Å². The molecule has 0 aromatic heterocycles. The molecule has 0 saturated heterocycles.